The van der Waals surface area contributed by atoms with Gasteiger partial charge in [-0.2, -0.15) is 0 Å². The van der Waals surface area contributed by atoms with Gasteiger partial charge in [-0.3, -0.25) is 4.99 Å². The summed E-state index contributed by atoms with van der Waals surface area (Å²) in [6.45, 7) is 7.83. The summed E-state index contributed by atoms with van der Waals surface area (Å²) in [5.74, 6) is 1.05. The smallest absolute Gasteiger partial charge is 0.193 e. The molecule has 0 radical (unpaired) electrons. The molecule has 1 N–H and O–H groups in total. The molecule has 0 aliphatic carbocycles. The Kier molecular flexibility index (Phi) is 4.27. The maximum Gasteiger partial charge on any atom is 0.193 e. The molecule has 1 aromatic heterocycles. The molecule has 1 aliphatic rings. The third kappa shape index (κ3) is 3.48. The topological polar surface area (TPSA) is 27.6 Å². The van der Waals surface area contributed by atoms with Gasteiger partial charge in [-0.1, -0.05) is 19.9 Å². The van der Waals surface area contributed by atoms with E-state index in [0.29, 0.717) is 5.41 Å². The van der Waals surface area contributed by atoms with Crippen molar-refractivity contribution >= 4 is 17.3 Å². The molecule has 4 heteroatoms. The molecule has 18 heavy (non-hydrogen) atoms. The largest absolute Gasteiger partial charge is 0.356 e. The third-order valence-corrected chi connectivity index (χ3v) is 4.36. The van der Waals surface area contributed by atoms with E-state index in [1.165, 1.54) is 11.3 Å². The van der Waals surface area contributed by atoms with Crippen LogP contribution in [0.15, 0.2) is 22.5 Å². The zero-order valence-electron chi connectivity index (χ0n) is 11.6. The van der Waals surface area contributed by atoms with Crippen LogP contribution in [-0.2, 0) is 6.42 Å². The maximum absolute atomic E-state index is 4.39. The molecule has 100 valence electrons. The van der Waals surface area contributed by atoms with Crippen molar-refractivity contribution in [2.24, 2.45) is 10.4 Å². The van der Waals surface area contributed by atoms with E-state index in [9.17, 15) is 0 Å². The van der Waals surface area contributed by atoms with Crippen LogP contribution in [0.1, 0.15) is 25.1 Å². The van der Waals surface area contributed by atoms with Gasteiger partial charge in [0.2, 0.25) is 0 Å². The number of guanidine groups is 1. The SMILES string of the molecule is CN=C(NCCc1cccs1)N1CCC(C)(C)C1. The summed E-state index contributed by atoms with van der Waals surface area (Å²) in [4.78, 5) is 8.19. The molecule has 0 spiro atoms. The fourth-order valence-electron chi connectivity index (χ4n) is 2.38. The molecule has 0 amide bonds. The predicted molar refractivity (Wildman–Crippen MR) is 79.4 cm³/mol. The summed E-state index contributed by atoms with van der Waals surface area (Å²) >= 11 is 1.82. The Hall–Kier alpha value is -1.03. The van der Waals surface area contributed by atoms with Crippen molar-refractivity contribution in [3.8, 4) is 0 Å². The second-order valence-corrected chi connectivity index (χ2v) is 6.67. The van der Waals surface area contributed by atoms with E-state index >= 15 is 0 Å². The van der Waals surface area contributed by atoms with Gasteiger partial charge in [0, 0.05) is 31.6 Å². The van der Waals surface area contributed by atoms with Crippen LogP contribution in [0.4, 0.5) is 0 Å². The molecule has 1 aromatic rings. The Morgan fingerprint density at radius 3 is 2.94 bits per heavy atom. The number of aliphatic imine (C=N–C) groups is 1. The lowest BCUT2D eigenvalue weighted by molar-refractivity contribution is 0.370. The van der Waals surface area contributed by atoms with Gasteiger partial charge in [-0.15, -0.1) is 11.3 Å². The zero-order valence-corrected chi connectivity index (χ0v) is 12.4. The Morgan fingerprint density at radius 1 is 1.56 bits per heavy atom. The second-order valence-electron chi connectivity index (χ2n) is 5.64. The van der Waals surface area contributed by atoms with E-state index < -0.39 is 0 Å². The minimum absolute atomic E-state index is 0.422. The van der Waals surface area contributed by atoms with Crippen molar-refractivity contribution in [2.75, 3.05) is 26.7 Å². The maximum atomic E-state index is 4.39. The lowest BCUT2D eigenvalue weighted by atomic mass is 9.93. The molecule has 2 rings (SSSR count). The molecule has 0 bridgehead atoms. The van der Waals surface area contributed by atoms with E-state index in [1.54, 1.807) is 0 Å². The first-order chi connectivity index (χ1) is 8.61. The van der Waals surface area contributed by atoms with Crippen molar-refractivity contribution in [2.45, 2.75) is 26.7 Å². The second kappa shape index (κ2) is 5.74. The van der Waals surface area contributed by atoms with Crippen LogP contribution in [0.25, 0.3) is 0 Å². The summed E-state index contributed by atoms with van der Waals surface area (Å²) in [6, 6.07) is 4.30. The number of hydrogen-bond acceptors (Lipinski definition) is 2. The van der Waals surface area contributed by atoms with Crippen LogP contribution < -0.4 is 5.32 Å². The number of likely N-dealkylation sites (tertiary alicyclic amines) is 1. The summed E-state index contributed by atoms with van der Waals surface area (Å²) in [5.41, 5.74) is 0.422. The monoisotopic (exact) mass is 265 g/mol. The van der Waals surface area contributed by atoms with Gasteiger partial charge in [-0.05, 0) is 29.7 Å². The lowest BCUT2D eigenvalue weighted by Gasteiger charge is -2.23. The summed E-state index contributed by atoms with van der Waals surface area (Å²) in [6.07, 6.45) is 2.33. The quantitative estimate of drug-likeness (QED) is 0.672. The molecule has 0 atom stereocenters. The van der Waals surface area contributed by atoms with Crippen LogP contribution in [-0.4, -0.2) is 37.5 Å². The lowest BCUT2D eigenvalue weighted by Crippen LogP contribution is -2.41. The third-order valence-electron chi connectivity index (χ3n) is 3.42. The standard InChI is InChI=1S/C14H23N3S/c1-14(2)7-9-17(11-14)13(15-3)16-8-6-12-5-4-10-18-12/h4-5,10H,6-9,11H2,1-3H3,(H,15,16). The highest BCUT2D eigenvalue weighted by Crippen LogP contribution is 2.28. The van der Waals surface area contributed by atoms with Crippen molar-refractivity contribution in [3.05, 3.63) is 22.4 Å². The van der Waals surface area contributed by atoms with Crippen LogP contribution in [0, 0.1) is 5.41 Å². The van der Waals surface area contributed by atoms with Gasteiger partial charge in [0.15, 0.2) is 5.96 Å². The average Bonchev–Trinajstić information content (AvgIpc) is 2.94. The minimum Gasteiger partial charge on any atom is -0.356 e. The molecule has 3 nitrogen and oxygen atoms in total. The van der Waals surface area contributed by atoms with E-state index in [1.807, 2.05) is 18.4 Å². The van der Waals surface area contributed by atoms with Gasteiger partial charge in [-0.25, -0.2) is 0 Å². The Balaban J connectivity index is 1.80. The van der Waals surface area contributed by atoms with Gasteiger partial charge < -0.3 is 10.2 Å². The molecule has 0 unspecified atom stereocenters. The minimum atomic E-state index is 0.422. The van der Waals surface area contributed by atoms with Gasteiger partial charge in [0.05, 0.1) is 0 Å². The zero-order chi connectivity index (χ0) is 13.0. The van der Waals surface area contributed by atoms with Crippen LogP contribution in [0.5, 0.6) is 0 Å². The highest BCUT2D eigenvalue weighted by Gasteiger charge is 2.30. The molecular weight excluding hydrogens is 242 g/mol. The first kappa shape index (κ1) is 13.4. The number of nitrogens with one attached hydrogen (secondary N) is 1. The molecular formula is C14H23N3S. The van der Waals surface area contributed by atoms with Gasteiger partial charge in [0.25, 0.3) is 0 Å². The molecule has 1 aliphatic heterocycles. The first-order valence-electron chi connectivity index (χ1n) is 6.59. The summed E-state index contributed by atoms with van der Waals surface area (Å²) < 4.78 is 0. The van der Waals surface area contributed by atoms with E-state index in [0.717, 1.165) is 32.0 Å². The van der Waals surface area contributed by atoms with Crippen molar-refractivity contribution in [1.29, 1.82) is 0 Å². The fraction of sp³-hybridized carbons (Fsp3) is 0.643. The number of thiophene rings is 1. The first-order valence-corrected chi connectivity index (χ1v) is 7.47. The number of rotatable bonds is 3. The van der Waals surface area contributed by atoms with Crippen LogP contribution >= 0.6 is 11.3 Å². The summed E-state index contributed by atoms with van der Waals surface area (Å²) in [5, 5.41) is 5.60. The highest BCUT2D eigenvalue weighted by molar-refractivity contribution is 7.09. The number of nitrogens with zero attached hydrogens (tertiary/aromatic N) is 2. The Labute approximate surface area is 114 Å². The molecule has 1 saturated heterocycles. The Bertz CT molecular complexity index is 395. The van der Waals surface area contributed by atoms with E-state index in [4.69, 9.17) is 0 Å². The van der Waals surface area contributed by atoms with Crippen molar-refractivity contribution in [3.63, 3.8) is 0 Å². The highest BCUT2D eigenvalue weighted by atomic mass is 32.1. The van der Waals surface area contributed by atoms with Crippen molar-refractivity contribution < 1.29 is 0 Å². The van der Waals surface area contributed by atoms with Crippen LogP contribution in [0.3, 0.4) is 0 Å². The Morgan fingerprint density at radius 2 is 2.39 bits per heavy atom. The molecule has 1 fully saturated rings. The molecule has 0 saturated carbocycles. The average molecular weight is 265 g/mol. The van der Waals surface area contributed by atoms with Gasteiger partial charge in [0.1, 0.15) is 0 Å². The predicted octanol–water partition coefficient (Wildman–Crippen LogP) is 2.60. The summed E-state index contributed by atoms with van der Waals surface area (Å²) in [7, 11) is 1.87. The normalized spacial score (nSPS) is 19.3. The van der Waals surface area contributed by atoms with E-state index in [-0.39, 0.29) is 0 Å². The molecule has 2 heterocycles. The van der Waals surface area contributed by atoms with Gasteiger partial charge >= 0.3 is 0 Å². The number of hydrogen-bond donors (Lipinski definition) is 1. The fourth-order valence-corrected chi connectivity index (χ4v) is 3.09. The van der Waals surface area contributed by atoms with Crippen LogP contribution in [0.2, 0.25) is 0 Å². The van der Waals surface area contributed by atoms with E-state index in [2.05, 4.69) is 46.6 Å². The van der Waals surface area contributed by atoms with Crippen molar-refractivity contribution in [1.82, 2.24) is 10.2 Å². The molecule has 0 aromatic carbocycles.